The van der Waals surface area contributed by atoms with E-state index in [0.29, 0.717) is 12.0 Å². The monoisotopic (exact) mass is 293 g/mol. The van der Waals surface area contributed by atoms with E-state index >= 15 is 0 Å². The smallest absolute Gasteiger partial charge is 0.158 e. The molecule has 118 valence electrons. The van der Waals surface area contributed by atoms with Gasteiger partial charge in [-0.3, -0.25) is 4.79 Å². The second-order valence-corrected chi connectivity index (χ2v) is 8.05. The number of Topliss-reactive ketones (excluding diaryl/α,β-unsaturated/α-hetero) is 1. The lowest BCUT2D eigenvalue weighted by Crippen LogP contribution is -2.61. The zero-order valence-corrected chi connectivity index (χ0v) is 14.3. The first-order chi connectivity index (χ1) is 9.35. The van der Waals surface area contributed by atoms with E-state index in [9.17, 15) is 9.18 Å². The van der Waals surface area contributed by atoms with Crippen LogP contribution in [-0.2, 0) is 11.2 Å². The van der Waals surface area contributed by atoms with E-state index in [1.165, 1.54) is 6.07 Å². The molecule has 2 nitrogen and oxygen atoms in total. The van der Waals surface area contributed by atoms with Crippen LogP contribution in [0.2, 0.25) is 0 Å². The molecule has 0 aliphatic rings. The van der Waals surface area contributed by atoms with Crippen molar-refractivity contribution in [3.05, 3.63) is 35.6 Å². The minimum Gasteiger partial charge on any atom is -0.300 e. The predicted octanol–water partition coefficient (Wildman–Crippen LogP) is 4.13. The number of halogens is 1. The molecule has 0 spiro atoms. The topological polar surface area (TPSA) is 29.1 Å². The second-order valence-electron chi connectivity index (χ2n) is 8.05. The first kappa shape index (κ1) is 17.8. The van der Waals surface area contributed by atoms with E-state index in [1.54, 1.807) is 18.2 Å². The van der Waals surface area contributed by atoms with Crippen LogP contribution >= 0.6 is 0 Å². The lowest BCUT2D eigenvalue weighted by molar-refractivity contribution is -0.133. The third kappa shape index (κ3) is 4.92. The maximum atomic E-state index is 14.0. The number of benzene rings is 1. The van der Waals surface area contributed by atoms with Gasteiger partial charge in [-0.05, 0) is 39.3 Å². The maximum absolute atomic E-state index is 14.0. The molecule has 0 bridgehead atoms. The summed E-state index contributed by atoms with van der Waals surface area (Å²) in [5.41, 5.74) is -0.966. The Morgan fingerprint density at radius 3 is 2.00 bits per heavy atom. The van der Waals surface area contributed by atoms with Crippen molar-refractivity contribution < 1.29 is 9.18 Å². The Morgan fingerprint density at radius 2 is 1.57 bits per heavy atom. The standard InChI is InChI=1S/C18H28FNO/c1-16(2,3)15(21)18(7,20-17(4,5)6)12-13-10-8-9-11-14(13)19/h8-11,20H,12H2,1-7H3/t18-/m1/s1. The number of ketones is 1. The lowest BCUT2D eigenvalue weighted by Gasteiger charge is -2.40. The van der Waals surface area contributed by atoms with Crippen LogP contribution < -0.4 is 5.32 Å². The van der Waals surface area contributed by atoms with E-state index in [0.717, 1.165) is 0 Å². The molecule has 1 aromatic carbocycles. The van der Waals surface area contributed by atoms with Gasteiger partial charge in [0.2, 0.25) is 0 Å². The molecule has 0 heterocycles. The molecule has 1 aromatic rings. The molecule has 0 aliphatic heterocycles. The van der Waals surface area contributed by atoms with Gasteiger partial charge in [0.1, 0.15) is 5.82 Å². The van der Waals surface area contributed by atoms with Gasteiger partial charge in [0.15, 0.2) is 5.78 Å². The van der Waals surface area contributed by atoms with Crippen molar-refractivity contribution in [2.75, 3.05) is 0 Å². The summed E-state index contributed by atoms with van der Waals surface area (Å²) >= 11 is 0. The van der Waals surface area contributed by atoms with Crippen molar-refractivity contribution in [2.45, 2.75) is 66.0 Å². The summed E-state index contributed by atoms with van der Waals surface area (Å²) in [5.74, 6) is -0.172. The van der Waals surface area contributed by atoms with Crippen LogP contribution in [0.4, 0.5) is 4.39 Å². The summed E-state index contributed by atoms with van der Waals surface area (Å²) < 4.78 is 14.0. The van der Waals surface area contributed by atoms with E-state index in [4.69, 9.17) is 0 Å². The fourth-order valence-corrected chi connectivity index (χ4v) is 2.86. The van der Waals surface area contributed by atoms with Crippen molar-refractivity contribution in [3.8, 4) is 0 Å². The van der Waals surface area contributed by atoms with Crippen molar-refractivity contribution in [1.82, 2.24) is 5.32 Å². The molecule has 0 saturated heterocycles. The molecule has 0 saturated carbocycles. The maximum Gasteiger partial charge on any atom is 0.158 e. The molecule has 0 fully saturated rings. The molecule has 1 N–H and O–H groups in total. The SMILES string of the molecule is CC(C)(C)N[C@](C)(Cc1ccccc1F)C(=O)C(C)(C)C. The van der Waals surface area contributed by atoms with Crippen LogP contribution in [0.15, 0.2) is 24.3 Å². The number of carbonyl (C=O) groups is 1. The minimum atomic E-state index is -0.807. The van der Waals surface area contributed by atoms with Gasteiger partial charge < -0.3 is 5.32 Å². The Balaban J connectivity index is 3.20. The van der Waals surface area contributed by atoms with Gasteiger partial charge in [-0.15, -0.1) is 0 Å². The number of nitrogens with one attached hydrogen (secondary N) is 1. The minimum absolute atomic E-state index is 0.0909. The first-order valence-electron chi connectivity index (χ1n) is 7.43. The van der Waals surface area contributed by atoms with Gasteiger partial charge in [-0.2, -0.15) is 0 Å². The summed E-state index contributed by atoms with van der Waals surface area (Å²) in [4.78, 5) is 12.9. The number of hydrogen-bond donors (Lipinski definition) is 1. The summed E-state index contributed by atoms with van der Waals surface area (Å²) in [6.07, 6.45) is 0.340. The van der Waals surface area contributed by atoms with Gasteiger partial charge in [0, 0.05) is 17.4 Å². The van der Waals surface area contributed by atoms with E-state index in [1.807, 2.05) is 48.5 Å². The van der Waals surface area contributed by atoms with Gasteiger partial charge in [-0.25, -0.2) is 4.39 Å². The van der Waals surface area contributed by atoms with Crippen LogP contribution in [0.25, 0.3) is 0 Å². The Morgan fingerprint density at radius 1 is 1.05 bits per heavy atom. The number of hydrogen-bond acceptors (Lipinski definition) is 2. The fourth-order valence-electron chi connectivity index (χ4n) is 2.86. The number of carbonyl (C=O) groups excluding carboxylic acids is 1. The van der Waals surface area contributed by atoms with Crippen molar-refractivity contribution in [1.29, 1.82) is 0 Å². The largest absolute Gasteiger partial charge is 0.300 e. The Labute approximate surface area is 128 Å². The summed E-state index contributed by atoms with van der Waals surface area (Å²) in [6, 6.07) is 6.65. The second kappa shape index (κ2) is 5.88. The highest BCUT2D eigenvalue weighted by Crippen LogP contribution is 2.28. The quantitative estimate of drug-likeness (QED) is 0.904. The van der Waals surface area contributed by atoms with Crippen LogP contribution in [0.3, 0.4) is 0 Å². The van der Waals surface area contributed by atoms with Crippen LogP contribution in [0.5, 0.6) is 0 Å². The molecule has 1 rings (SSSR count). The number of rotatable bonds is 4. The van der Waals surface area contributed by atoms with E-state index in [2.05, 4.69) is 5.32 Å². The average Bonchev–Trinajstić information content (AvgIpc) is 2.27. The van der Waals surface area contributed by atoms with Crippen LogP contribution in [0.1, 0.15) is 54.0 Å². The Bertz CT molecular complexity index is 511. The van der Waals surface area contributed by atoms with Crippen LogP contribution in [0, 0.1) is 11.2 Å². The normalized spacial score (nSPS) is 15.6. The lowest BCUT2D eigenvalue weighted by atomic mass is 9.75. The highest BCUT2D eigenvalue weighted by Gasteiger charge is 2.42. The van der Waals surface area contributed by atoms with Gasteiger partial charge in [0.25, 0.3) is 0 Å². The van der Waals surface area contributed by atoms with Gasteiger partial charge in [-0.1, -0.05) is 39.0 Å². The zero-order chi connectivity index (χ0) is 16.5. The van der Waals surface area contributed by atoms with E-state index < -0.39 is 11.0 Å². The molecule has 21 heavy (non-hydrogen) atoms. The average molecular weight is 293 g/mol. The third-order valence-corrected chi connectivity index (χ3v) is 3.34. The zero-order valence-electron chi connectivity index (χ0n) is 14.3. The molecule has 1 atom stereocenters. The van der Waals surface area contributed by atoms with Crippen molar-refractivity contribution in [2.24, 2.45) is 5.41 Å². The predicted molar refractivity (Wildman–Crippen MR) is 85.9 cm³/mol. The molecular formula is C18H28FNO. The highest BCUT2D eigenvalue weighted by molar-refractivity contribution is 5.92. The van der Waals surface area contributed by atoms with Crippen LogP contribution in [-0.4, -0.2) is 16.9 Å². The summed E-state index contributed by atoms with van der Waals surface area (Å²) in [5, 5.41) is 3.40. The summed E-state index contributed by atoms with van der Waals surface area (Å²) in [6.45, 7) is 13.6. The molecule has 0 radical (unpaired) electrons. The molecule has 0 amide bonds. The highest BCUT2D eigenvalue weighted by atomic mass is 19.1. The van der Waals surface area contributed by atoms with Gasteiger partial charge in [0.05, 0.1) is 5.54 Å². The van der Waals surface area contributed by atoms with Crippen molar-refractivity contribution in [3.63, 3.8) is 0 Å². The summed E-state index contributed by atoms with van der Waals surface area (Å²) in [7, 11) is 0. The Hall–Kier alpha value is -1.22. The fraction of sp³-hybridized carbons (Fsp3) is 0.611. The van der Waals surface area contributed by atoms with Gasteiger partial charge >= 0.3 is 0 Å². The third-order valence-electron chi connectivity index (χ3n) is 3.34. The molecule has 3 heteroatoms. The van der Waals surface area contributed by atoms with Crippen molar-refractivity contribution >= 4 is 5.78 Å². The van der Waals surface area contributed by atoms with E-state index in [-0.39, 0.29) is 17.1 Å². The molecular weight excluding hydrogens is 265 g/mol. The molecule has 0 aliphatic carbocycles. The first-order valence-corrected chi connectivity index (χ1v) is 7.43. The molecule has 0 unspecified atom stereocenters. The Kier molecular flexibility index (Phi) is 4.99. The molecule has 0 aromatic heterocycles.